The third kappa shape index (κ3) is 48.7. The molecule has 0 aromatic carbocycles. The number of hydrogen-bond acceptors (Lipinski definition) is 21. The Hall–Kier alpha value is -1.13. The van der Waals surface area contributed by atoms with Crippen LogP contribution in [0.4, 0.5) is 0 Å². The monoisotopic (exact) mass is 1920 g/mol. The van der Waals surface area contributed by atoms with Crippen molar-refractivity contribution in [3.8, 4) is 0 Å². The highest BCUT2D eigenvalue weighted by Gasteiger charge is 2.46. The quantitative estimate of drug-likeness (QED) is 0.0340. The second kappa shape index (κ2) is 67.0. The molecule has 21 nitrogen and oxygen atoms in total. The van der Waals surface area contributed by atoms with E-state index >= 15 is 0 Å². The van der Waals surface area contributed by atoms with Crippen LogP contribution in [0.15, 0.2) is 0 Å². The number of piperazine rings is 2. The van der Waals surface area contributed by atoms with Crippen LogP contribution < -0.4 is 32.3 Å². The number of carbonyl (C=O) groups is 1. The number of piperidine rings is 2. The first kappa shape index (κ1) is 131. The van der Waals surface area contributed by atoms with Crippen LogP contribution in [-0.2, 0) is 4.79 Å². The van der Waals surface area contributed by atoms with Crippen molar-refractivity contribution in [1.82, 2.24) is 90.3 Å². The number of ketones is 1. The molecule has 0 amide bonds. The molecule has 11 saturated heterocycles. The number of aliphatic hydroxyl groups is 1. The third-order valence-electron chi connectivity index (χ3n) is 31.9. The average Bonchev–Trinajstić information content (AvgIpc) is 1.62. The van der Waals surface area contributed by atoms with Crippen LogP contribution in [0.5, 0.6) is 0 Å². The summed E-state index contributed by atoms with van der Waals surface area (Å²) in [5, 5.41) is 26.8. The van der Waals surface area contributed by atoms with Crippen LogP contribution in [0, 0.1) is 65.1 Å². The number of Topliss-reactive ketones (excluding diaryl/α,β-unsaturated/α-hetero) is 1. The molecule has 0 spiro atoms. The molecule has 0 aromatic rings. The van der Waals surface area contributed by atoms with Crippen LogP contribution in [0.2, 0.25) is 0 Å². The molecular weight excluding hydrogens is 1680 g/mol. The number of nitrogens with zero attached hydrogens (tertiary/aromatic N) is 13. The number of fused-ring (bicyclic) bond motifs is 2. The second-order valence-electron chi connectivity index (χ2n) is 51.2. The van der Waals surface area contributed by atoms with Gasteiger partial charge in [-0.15, -0.1) is 0 Å². The van der Waals surface area contributed by atoms with Crippen molar-refractivity contribution in [1.29, 1.82) is 0 Å². The van der Waals surface area contributed by atoms with Crippen molar-refractivity contribution < 1.29 is 9.90 Å². The number of likely N-dealkylation sites (N-methyl/N-ethyl adjacent to an activating group) is 3. The Bertz CT molecular complexity index is 2790. The fourth-order valence-corrected chi connectivity index (χ4v) is 23.9. The minimum atomic E-state index is 0.0578. The van der Waals surface area contributed by atoms with Gasteiger partial charge in [-0.2, -0.15) is 0 Å². The zero-order chi connectivity index (χ0) is 104. The van der Waals surface area contributed by atoms with Crippen molar-refractivity contribution in [3.05, 3.63) is 0 Å². The summed E-state index contributed by atoms with van der Waals surface area (Å²) < 4.78 is 0. The summed E-state index contributed by atoms with van der Waals surface area (Å²) in [4.78, 5) is 44.7. The Morgan fingerprint density at radius 3 is 0.926 bits per heavy atom. The van der Waals surface area contributed by atoms with E-state index in [4.69, 9.17) is 5.73 Å². The van der Waals surface area contributed by atoms with Crippen molar-refractivity contribution in [2.24, 2.45) is 70.8 Å². The van der Waals surface area contributed by atoms with E-state index in [-0.39, 0.29) is 6.04 Å². The largest absolute Gasteiger partial charge is 0.396 e. The van der Waals surface area contributed by atoms with Gasteiger partial charge >= 0.3 is 0 Å². The van der Waals surface area contributed by atoms with Gasteiger partial charge in [0.1, 0.15) is 0 Å². The summed E-state index contributed by atoms with van der Waals surface area (Å²) >= 11 is 0. The molecule has 11 rings (SSSR count). The van der Waals surface area contributed by atoms with Gasteiger partial charge in [0.15, 0.2) is 5.78 Å². The first-order valence-corrected chi connectivity index (χ1v) is 57.4. The summed E-state index contributed by atoms with van der Waals surface area (Å²) in [5.74, 6) is 8.85. The molecule has 11 aliphatic rings. The Balaban J connectivity index is 0.000000511. The van der Waals surface area contributed by atoms with E-state index in [2.05, 4.69) is 409 Å². The van der Waals surface area contributed by atoms with E-state index < -0.39 is 0 Å². The molecule has 11 heterocycles. The number of likely N-dealkylation sites (tertiary alicyclic amines) is 10. The third-order valence-corrected chi connectivity index (χ3v) is 31.9. The van der Waals surface area contributed by atoms with Gasteiger partial charge in [-0.1, -0.05) is 111 Å². The van der Waals surface area contributed by atoms with E-state index in [1.165, 1.54) is 169 Å². The maximum atomic E-state index is 11.5. The molecule has 0 unspecified atom stereocenters. The van der Waals surface area contributed by atoms with Gasteiger partial charge in [-0.3, -0.25) is 58.7 Å². The molecule has 0 saturated carbocycles. The summed E-state index contributed by atoms with van der Waals surface area (Å²) in [5.41, 5.74) is 6.11. The lowest BCUT2D eigenvalue weighted by Gasteiger charge is -2.48. The molecule has 21 heteroatoms. The highest BCUT2D eigenvalue weighted by molar-refractivity contribution is 5.88. The highest BCUT2D eigenvalue weighted by atomic mass is 16.3. The maximum absolute atomic E-state index is 11.5. The van der Waals surface area contributed by atoms with Crippen LogP contribution in [-0.4, -0.2) is 397 Å². The molecule has 17 atom stereocenters. The van der Waals surface area contributed by atoms with Crippen molar-refractivity contribution in [2.45, 2.75) is 512 Å². The van der Waals surface area contributed by atoms with E-state index in [0.29, 0.717) is 140 Å². The smallest absolute Gasteiger partial charge is 0.164 e. The number of carbonyl (C=O) groups excluding carboxylic acids is 1. The van der Waals surface area contributed by atoms with Crippen molar-refractivity contribution >= 4 is 5.78 Å². The fraction of sp³-hybridized carbons (Fsp3) is 0.991. The van der Waals surface area contributed by atoms with Crippen molar-refractivity contribution in [2.75, 3.05) is 166 Å². The lowest BCUT2D eigenvalue weighted by atomic mass is 9.89. The lowest BCUT2D eigenvalue weighted by molar-refractivity contribution is -0.118. The Morgan fingerprint density at radius 1 is 0.324 bits per heavy atom. The molecule has 2 bridgehead atoms. The SMILES string of the molecule is CC(C)C[C@@H]1CN(C(C)C)C[C@H]1CO.CC(C)C[C@@H]1CN(C(C)C)C[C@H]1N.CC(C)C[C@@H]1CN(C(C)C)C[C@H]1N(C)C.CC(C)N1CCN(C(C)C)[C@H](C)[C@H]1C.CC(C)N1C[C@H]2C[C@@H]1CN2C(C)C.CC(C)N[C@@H]1CCCN(C(C)C)C1.CC(C)N[C@@H]1CN(C(C)C)CC1=O.CC(C)N[C@H]1CCCN(C(C)C)C1.CN[C@@H]1CN(C(C)C)C[C@H]1CC(C)C.CN[C@H]1CN(C(C)C)C[C@H]1CC(C)C. The Labute approximate surface area is 849 Å². The minimum absolute atomic E-state index is 0.0578. The van der Waals surface area contributed by atoms with Gasteiger partial charge in [0.25, 0.3) is 0 Å². The van der Waals surface area contributed by atoms with Gasteiger partial charge < -0.3 is 47.2 Å². The fourth-order valence-electron chi connectivity index (χ4n) is 23.9. The molecule has 0 aromatic heterocycles. The lowest BCUT2D eigenvalue weighted by Crippen LogP contribution is -2.60. The number of hydrogen-bond donors (Lipinski definition) is 7. The zero-order valence-corrected chi connectivity index (χ0v) is 99.5. The molecule has 8 N–H and O–H groups in total. The second-order valence-corrected chi connectivity index (χ2v) is 51.2. The summed E-state index contributed by atoms with van der Waals surface area (Å²) in [6, 6.07) is 16.9. The first-order chi connectivity index (χ1) is 63.3. The summed E-state index contributed by atoms with van der Waals surface area (Å²) in [7, 11) is 8.65. The van der Waals surface area contributed by atoms with E-state index in [1.807, 2.05) is 0 Å². The van der Waals surface area contributed by atoms with Crippen LogP contribution in [0.1, 0.15) is 355 Å². The highest BCUT2D eigenvalue weighted by Crippen LogP contribution is 2.36. The predicted octanol–water partition coefficient (Wildman–Crippen LogP) is 18.0. The molecule has 0 radical (unpaired) electrons. The predicted molar refractivity (Wildman–Crippen MR) is 598 cm³/mol. The summed E-state index contributed by atoms with van der Waals surface area (Å²) in [6.45, 7) is 120. The average molecular weight is 1930 g/mol. The number of rotatable bonds is 32. The molecular formula is C115H245N19O2. The number of aliphatic hydroxyl groups excluding tert-OH is 1. The summed E-state index contributed by atoms with van der Waals surface area (Å²) in [6.07, 6.45) is 13.4. The maximum Gasteiger partial charge on any atom is 0.164 e. The van der Waals surface area contributed by atoms with E-state index in [0.717, 1.165) is 115 Å². The van der Waals surface area contributed by atoms with Crippen LogP contribution in [0.3, 0.4) is 0 Å². The van der Waals surface area contributed by atoms with Gasteiger partial charge in [-0.05, 0) is 351 Å². The van der Waals surface area contributed by atoms with Gasteiger partial charge in [0.2, 0.25) is 0 Å². The Morgan fingerprint density at radius 2 is 0.625 bits per heavy atom. The first-order valence-electron chi connectivity index (χ1n) is 57.4. The number of nitrogens with two attached hydrogens (primary N) is 1. The topological polar surface area (TPSA) is 166 Å². The molecule has 136 heavy (non-hydrogen) atoms. The Kier molecular flexibility index (Phi) is 64.5. The van der Waals surface area contributed by atoms with Gasteiger partial charge in [0.05, 0.1) is 12.6 Å². The van der Waals surface area contributed by atoms with Gasteiger partial charge in [0, 0.05) is 269 Å². The van der Waals surface area contributed by atoms with Crippen LogP contribution in [0.25, 0.3) is 0 Å². The molecule has 11 aliphatic heterocycles. The minimum Gasteiger partial charge on any atom is -0.396 e. The molecule has 11 fully saturated rings. The van der Waals surface area contributed by atoms with Crippen LogP contribution >= 0.6 is 0 Å². The van der Waals surface area contributed by atoms with E-state index in [1.54, 1.807) is 0 Å². The molecule has 812 valence electrons. The van der Waals surface area contributed by atoms with Crippen molar-refractivity contribution in [3.63, 3.8) is 0 Å². The van der Waals surface area contributed by atoms with Gasteiger partial charge in [-0.25, -0.2) is 0 Å². The van der Waals surface area contributed by atoms with E-state index in [9.17, 15) is 9.90 Å². The normalized spacial score (nSPS) is 29.2. The number of nitrogens with one attached hydrogen (secondary N) is 5. The standard InChI is InChI=1S/C13H28N2.3C12H26N2.C12H25NO.C11H22N2.3C11H24N2.C10H20N2O/c1-10(2)7-12-8-15(11(3)4)9-13(12)14(5)6;2*1-9(2)6-11-7-14(10(3)4)8-12(11)13-5;1-9(2)13-7-8-14(10(3)4)12(6)11(13)5;1-9(2)5-11-6-13(10(3)4)7-12(11)8-14;1-8(2)12-6-11-5-10(12)7-13(11)9(3)4;1-8(2)5-10-6-13(9(3)4)7-11(10)12;2*1-9(2)12-11-6-5-7-13(8-11)10(3)4;1-7(2)11-9-5-12(8(3)4)6-10(9)13/h10-13H,7-9H2,1-6H3;2*9-13H,6-8H2,1-5H3;9-12H,7-8H2,1-6H3;9-12,14H,5-8H2,1-4H3;8-11H,5-7H2,1-4H3;8-11H,5-7,12H2,1-4H3;2*9-12H,5-8H2,1-4H3;7-9,11H,5-6H2,1-4H3/t12-,13-;11-,12+;2*11-,12-;11-,12+;2*10-,11-;2*11-;9-/m1111111101/s1. The zero-order valence-electron chi connectivity index (χ0n) is 99.5. The molecule has 0 aliphatic carbocycles.